The molecule has 2 heterocycles. The standard InChI is InChI=1S/C29H28Cl2N8O4/c1-43-29(42)33-21-8-4-18(5-9-21)26-27(31)36-28(35-26)23(14-17-2-10-22(40)11-3-17)34-25(41)13-6-19-15-20(30)7-12-24(19)39-16-32-37-38-39/h4-9,12-13,15-17,23H,2-3,10-11,14H2,1H3,(H,33,42)(H,34,41)(H,35,36). The number of tetrazole rings is 1. The molecule has 0 radical (unpaired) electrons. The summed E-state index contributed by atoms with van der Waals surface area (Å²) in [7, 11) is 1.29. The smallest absolute Gasteiger partial charge is 0.411 e. The molecule has 0 spiro atoms. The van der Waals surface area contributed by atoms with Gasteiger partial charge in [0.1, 0.15) is 28.8 Å². The highest BCUT2D eigenvalue weighted by atomic mass is 35.5. The van der Waals surface area contributed by atoms with E-state index in [1.54, 1.807) is 48.5 Å². The van der Waals surface area contributed by atoms with E-state index in [2.05, 4.69) is 35.9 Å². The Balaban J connectivity index is 1.37. The van der Waals surface area contributed by atoms with Crippen molar-refractivity contribution in [3.05, 3.63) is 76.4 Å². The van der Waals surface area contributed by atoms with E-state index < -0.39 is 12.1 Å². The number of imidazole rings is 1. The van der Waals surface area contributed by atoms with Gasteiger partial charge < -0.3 is 15.0 Å². The second-order valence-electron chi connectivity index (χ2n) is 10.0. The third-order valence-corrected chi connectivity index (χ3v) is 7.65. The number of nitrogens with zero attached hydrogens (tertiary/aromatic N) is 5. The molecule has 5 rings (SSSR count). The van der Waals surface area contributed by atoms with Crippen molar-refractivity contribution in [2.24, 2.45) is 5.92 Å². The fourth-order valence-electron chi connectivity index (χ4n) is 4.94. The summed E-state index contributed by atoms with van der Waals surface area (Å²) in [5.74, 6) is 0.620. The van der Waals surface area contributed by atoms with Gasteiger partial charge >= 0.3 is 6.09 Å². The maximum Gasteiger partial charge on any atom is 0.411 e. The molecule has 4 aromatic rings. The van der Waals surface area contributed by atoms with Crippen LogP contribution in [0.25, 0.3) is 23.0 Å². The summed E-state index contributed by atoms with van der Waals surface area (Å²) in [5, 5.41) is 17.7. The molecule has 12 nitrogen and oxygen atoms in total. The van der Waals surface area contributed by atoms with E-state index in [0.717, 1.165) is 12.8 Å². The quantitative estimate of drug-likeness (QED) is 0.205. The Kier molecular flexibility index (Phi) is 9.48. The van der Waals surface area contributed by atoms with Gasteiger partial charge in [0.15, 0.2) is 0 Å². The molecule has 1 unspecified atom stereocenters. The molecule has 1 aliphatic carbocycles. The summed E-state index contributed by atoms with van der Waals surface area (Å²) in [4.78, 5) is 44.5. The zero-order valence-corrected chi connectivity index (χ0v) is 24.6. The van der Waals surface area contributed by atoms with E-state index >= 15 is 0 Å². The number of nitrogens with one attached hydrogen (secondary N) is 3. The van der Waals surface area contributed by atoms with Crippen molar-refractivity contribution in [3.8, 4) is 16.9 Å². The lowest BCUT2D eigenvalue weighted by Gasteiger charge is -2.25. The fourth-order valence-corrected chi connectivity index (χ4v) is 5.37. The zero-order chi connectivity index (χ0) is 30.3. The van der Waals surface area contributed by atoms with Crippen LogP contribution in [0, 0.1) is 5.92 Å². The number of benzene rings is 2. The number of ketones is 1. The number of halogens is 2. The van der Waals surface area contributed by atoms with Crippen molar-refractivity contribution < 1.29 is 19.1 Å². The van der Waals surface area contributed by atoms with Crippen LogP contribution in [0.15, 0.2) is 54.9 Å². The SMILES string of the molecule is COC(=O)Nc1ccc(-c2nc(C(CC3CCC(=O)CC3)NC(=O)C=Cc3cc(Cl)ccc3-n3cnnn3)[nH]c2Cl)cc1. The van der Waals surface area contributed by atoms with E-state index in [0.29, 0.717) is 63.5 Å². The largest absolute Gasteiger partial charge is 0.453 e. The molecule has 3 N–H and O–H groups in total. The Morgan fingerprint density at radius 1 is 1.16 bits per heavy atom. The molecule has 1 atom stereocenters. The van der Waals surface area contributed by atoms with Crippen molar-refractivity contribution in [2.45, 2.75) is 38.1 Å². The molecular formula is C29H28Cl2N8O4. The summed E-state index contributed by atoms with van der Waals surface area (Å²) < 4.78 is 6.10. The molecule has 1 saturated carbocycles. The Morgan fingerprint density at radius 3 is 2.63 bits per heavy atom. The molecular weight excluding hydrogens is 595 g/mol. The number of ether oxygens (including phenoxy) is 1. The molecule has 2 aromatic carbocycles. The topological polar surface area (TPSA) is 157 Å². The summed E-state index contributed by atoms with van der Waals surface area (Å²) in [6, 6.07) is 11.6. The van der Waals surface area contributed by atoms with Crippen LogP contribution in [0.1, 0.15) is 49.5 Å². The van der Waals surface area contributed by atoms with Crippen molar-refractivity contribution in [3.63, 3.8) is 0 Å². The van der Waals surface area contributed by atoms with Gasteiger partial charge in [-0.1, -0.05) is 35.3 Å². The van der Waals surface area contributed by atoms with Crippen LogP contribution in [0.5, 0.6) is 0 Å². The third-order valence-electron chi connectivity index (χ3n) is 7.15. The molecule has 222 valence electrons. The molecule has 2 aromatic heterocycles. The van der Waals surface area contributed by atoms with Gasteiger partial charge in [0.25, 0.3) is 0 Å². The van der Waals surface area contributed by atoms with Crippen LogP contribution in [0.4, 0.5) is 10.5 Å². The van der Waals surface area contributed by atoms with E-state index in [1.807, 2.05) is 0 Å². The molecule has 1 aliphatic rings. The average molecular weight is 624 g/mol. The predicted octanol–water partition coefficient (Wildman–Crippen LogP) is 5.56. The van der Waals surface area contributed by atoms with Gasteiger partial charge in [-0.15, -0.1) is 5.10 Å². The van der Waals surface area contributed by atoms with Crippen LogP contribution in [0.2, 0.25) is 10.2 Å². The Morgan fingerprint density at radius 2 is 1.93 bits per heavy atom. The van der Waals surface area contributed by atoms with E-state index in [4.69, 9.17) is 28.2 Å². The van der Waals surface area contributed by atoms with Gasteiger partial charge in [-0.05, 0) is 72.0 Å². The third kappa shape index (κ3) is 7.65. The molecule has 0 saturated heterocycles. The molecule has 43 heavy (non-hydrogen) atoms. The lowest BCUT2D eigenvalue weighted by Crippen LogP contribution is -2.30. The molecule has 1 fully saturated rings. The van der Waals surface area contributed by atoms with Gasteiger partial charge in [0.2, 0.25) is 5.91 Å². The van der Waals surface area contributed by atoms with Gasteiger partial charge in [-0.25, -0.2) is 9.78 Å². The number of hydrogen-bond donors (Lipinski definition) is 3. The van der Waals surface area contributed by atoms with Gasteiger partial charge in [0, 0.05) is 40.8 Å². The first-order valence-corrected chi connectivity index (χ1v) is 14.3. The van der Waals surface area contributed by atoms with Gasteiger partial charge in [-0.2, -0.15) is 4.68 Å². The van der Waals surface area contributed by atoms with Crippen molar-refractivity contribution in [1.82, 2.24) is 35.5 Å². The number of carbonyl (C=O) groups excluding carboxylic acids is 3. The molecule has 0 aliphatic heterocycles. The number of carbonyl (C=O) groups is 3. The first-order chi connectivity index (χ1) is 20.8. The molecule has 14 heteroatoms. The van der Waals surface area contributed by atoms with Crippen molar-refractivity contribution in [2.75, 3.05) is 12.4 Å². The number of Topliss-reactive ketones (excluding diaryl/α,β-unsaturated/α-hetero) is 1. The number of rotatable bonds is 9. The Labute approximate surface area is 256 Å². The summed E-state index contributed by atoms with van der Waals surface area (Å²) in [5.41, 5.74) is 3.06. The van der Waals surface area contributed by atoms with E-state index in [9.17, 15) is 14.4 Å². The van der Waals surface area contributed by atoms with Crippen molar-refractivity contribution in [1.29, 1.82) is 0 Å². The number of H-pyrrole nitrogens is 1. The highest BCUT2D eigenvalue weighted by molar-refractivity contribution is 6.32. The second kappa shape index (κ2) is 13.6. The average Bonchev–Trinajstić information content (AvgIpc) is 3.68. The Bertz CT molecular complexity index is 1630. The maximum absolute atomic E-state index is 13.2. The minimum absolute atomic E-state index is 0.224. The molecule has 2 amide bonds. The number of aromatic amines is 1. The maximum atomic E-state index is 13.2. The first-order valence-electron chi connectivity index (χ1n) is 13.5. The van der Waals surface area contributed by atoms with Crippen LogP contribution < -0.4 is 10.6 Å². The van der Waals surface area contributed by atoms with Crippen LogP contribution in [-0.4, -0.2) is 55.1 Å². The number of amides is 2. The second-order valence-corrected chi connectivity index (χ2v) is 10.9. The predicted molar refractivity (Wildman–Crippen MR) is 161 cm³/mol. The normalized spacial score (nSPS) is 14.5. The highest BCUT2D eigenvalue weighted by Crippen LogP contribution is 2.33. The fraction of sp³-hybridized carbons (Fsp3) is 0.276. The summed E-state index contributed by atoms with van der Waals surface area (Å²) >= 11 is 12.8. The van der Waals surface area contributed by atoms with Gasteiger partial charge in [0.05, 0.1) is 18.8 Å². The lowest BCUT2D eigenvalue weighted by molar-refractivity contribution is -0.121. The first kappa shape index (κ1) is 29.9. The van der Waals surface area contributed by atoms with Crippen LogP contribution in [-0.2, 0) is 14.3 Å². The molecule has 0 bridgehead atoms. The van der Waals surface area contributed by atoms with Crippen LogP contribution in [0.3, 0.4) is 0 Å². The van der Waals surface area contributed by atoms with Crippen LogP contribution >= 0.6 is 23.2 Å². The number of methoxy groups -OCH3 is 1. The van der Waals surface area contributed by atoms with Crippen molar-refractivity contribution >= 4 is 52.7 Å². The Hall–Kier alpha value is -4.55. The van der Waals surface area contributed by atoms with E-state index in [-0.39, 0.29) is 17.6 Å². The number of anilines is 1. The zero-order valence-electron chi connectivity index (χ0n) is 23.1. The summed E-state index contributed by atoms with van der Waals surface area (Å²) in [6.07, 6.45) is 7.04. The minimum atomic E-state index is -0.577. The lowest BCUT2D eigenvalue weighted by atomic mass is 9.84. The number of hydrogen-bond acceptors (Lipinski definition) is 8. The number of aromatic nitrogens is 6. The minimum Gasteiger partial charge on any atom is -0.453 e. The van der Waals surface area contributed by atoms with E-state index in [1.165, 1.54) is 24.2 Å². The monoisotopic (exact) mass is 622 g/mol. The summed E-state index contributed by atoms with van der Waals surface area (Å²) in [6.45, 7) is 0. The van der Waals surface area contributed by atoms with Gasteiger partial charge in [-0.3, -0.25) is 14.9 Å². The highest BCUT2D eigenvalue weighted by Gasteiger charge is 2.27.